The minimum absolute atomic E-state index is 0.232. The first-order chi connectivity index (χ1) is 12.1. The SMILES string of the molecule is O=C(Nc1ccccc1)c1ccccc1OCc1ccc(Cl)cc1Cl. The predicted octanol–water partition coefficient (Wildman–Crippen LogP) is 5.82. The standard InChI is InChI=1S/C20H15Cl2NO2/c21-15-11-10-14(18(22)12-15)13-25-19-9-5-4-8-17(19)20(24)23-16-6-2-1-3-7-16/h1-12H,13H2,(H,23,24). The fraction of sp³-hybridized carbons (Fsp3) is 0.0500. The fourth-order valence-corrected chi connectivity index (χ4v) is 2.76. The largest absolute Gasteiger partial charge is 0.488 e. The molecule has 3 nitrogen and oxygen atoms in total. The molecule has 1 N–H and O–H groups in total. The molecule has 0 radical (unpaired) electrons. The van der Waals surface area contributed by atoms with Crippen LogP contribution in [0, 0.1) is 0 Å². The van der Waals surface area contributed by atoms with E-state index in [0.717, 1.165) is 11.3 Å². The zero-order valence-electron chi connectivity index (χ0n) is 13.2. The molecule has 25 heavy (non-hydrogen) atoms. The molecule has 3 aromatic carbocycles. The summed E-state index contributed by atoms with van der Waals surface area (Å²) < 4.78 is 5.81. The molecule has 0 atom stereocenters. The molecule has 0 aliphatic carbocycles. The van der Waals surface area contributed by atoms with Gasteiger partial charge < -0.3 is 10.1 Å². The van der Waals surface area contributed by atoms with E-state index in [4.69, 9.17) is 27.9 Å². The molecule has 126 valence electrons. The topological polar surface area (TPSA) is 38.3 Å². The van der Waals surface area contributed by atoms with Gasteiger partial charge in [-0.1, -0.05) is 59.6 Å². The Balaban J connectivity index is 1.75. The second kappa shape index (κ2) is 8.06. The van der Waals surface area contributed by atoms with Crippen molar-refractivity contribution in [3.63, 3.8) is 0 Å². The zero-order valence-corrected chi connectivity index (χ0v) is 14.7. The third kappa shape index (κ3) is 4.53. The average Bonchev–Trinajstić information content (AvgIpc) is 2.62. The number of ether oxygens (including phenoxy) is 1. The molecule has 3 rings (SSSR count). The number of carbonyl (C=O) groups excluding carboxylic acids is 1. The summed E-state index contributed by atoms with van der Waals surface area (Å²) in [5.74, 6) is 0.256. The van der Waals surface area contributed by atoms with Gasteiger partial charge in [0.2, 0.25) is 0 Å². The van der Waals surface area contributed by atoms with Gasteiger partial charge in [-0.25, -0.2) is 0 Å². The maximum Gasteiger partial charge on any atom is 0.259 e. The number of amides is 1. The molecule has 0 aliphatic heterocycles. The third-order valence-electron chi connectivity index (χ3n) is 3.56. The van der Waals surface area contributed by atoms with E-state index in [1.165, 1.54) is 0 Å². The van der Waals surface area contributed by atoms with E-state index in [1.807, 2.05) is 36.4 Å². The highest BCUT2D eigenvalue weighted by molar-refractivity contribution is 6.35. The first kappa shape index (κ1) is 17.3. The zero-order chi connectivity index (χ0) is 17.6. The van der Waals surface area contributed by atoms with Gasteiger partial charge in [0.1, 0.15) is 12.4 Å². The molecule has 0 unspecified atom stereocenters. The van der Waals surface area contributed by atoms with Gasteiger partial charge in [0.25, 0.3) is 5.91 Å². The van der Waals surface area contributed by atoms with Gasteiger partial charge in [0, 0.05) is 21.3 Å². The first-order valence-corrected chi connectivity index (χ1v) is 8.41. The van der Waals surface area contributed by atoms with Crippen molar-refractivity contribution in [3.05, 3.63) is 94.0 Å². The van der Waals surface area contributed by atoms with Gasteiger partial charge in [0.05, 0.1) is 5.56 Å². The van der Waals surface area contributed by atoms with Crippen LogP contribution in [0.4, 0.5) is 5.69 Å². The van der Waals surface area contributed by atoms with E-state index in [0.29, 0.717) is 21.4 Å². The van der Waals surface area contributed by atoms with Crippen LogP contribution in [0.2, 0.25) is 10.0 Å². The smallest absolute Gasteiger partial charge is 0.259 e. The average molecular weight is 372 g/mol. The molecule has 0 saturated heterocycles. The Morgan fingerprint density at radius 1 is 0.920 bits per heavy atom. The van der Waals surface area contributed by atoms with Crippen LogP contribution in [0.25, 0.3) is 0 Å². The molecule has 1 amide bonds. The Kier molecular flexibility index (Phi) is 5.59. The van der Waals surface area contributed by atoms with E-state index in [9.17, 15) is 4.79 Å². The van der Waals surface area contributed by atoms with Crippen molar-refractivity contribution in [2.24, 2.45) is 0 Å². The number of rotatable bonds is 5. The summed E-state index contributed by atoms with van der Waals surface area (Å²) in [4.78, 5) is 12.5. The molecule has 0 fully saturated rings. The number of nitrogens with one attached hydrogen (secondary N) is 1. The molecular weight excluding hydrogens is 357 g/mol. The van der Waals surface area contributed by atoms with Crippen molar-refractivity contribution in [3.8, 4) is 5.75 Å². The molecule has 0 saturated carbocycles. The van der Waals surface area contributed by atoms with E-state index in [1.54, 1.807) is 36.4 Å². The Hall–Kier alpha value is -2.49. The number of hydrogen-bond donors (Lipinski definition) is 1. The van der Waals surface area contributed by atoms with Crippen molar-refractivity contribution >= 4 is 34.8 Å². The molecule has 0 aliphatic rings. The molecule has 0 bridgehead atoms. The summed E-state index contributed by atoms with van der Waals surface area (Å²) >= 11 is 12.1. The first-order valence-electron chi connectivity index (χ1n) is 7.65. The molecule has 0 heterocycles. The number of para-hydroxylation sites is 2. The lowest BCUT2D eigenvalue weighted by Crippen LogP contribution is -2.13. The Morgan fingerprint density at radius 2 is 1.64 bits per heavy atom. The van der Waals surface area contributed by atoms with Gasteiger partial charge in [-0.2, -0.15) is 0 Å². The highest BCUT2D eigenvalue weighted by atomic mass is 35.5. The number of benzene rings is 3. The lowest BCUT2D eigenvalue weighted by Gasteiger charge is -2.12. The number of anilines is 1. The van der Waals surface area contributed by atoms with E-state index in [-0.39, 0.29) is 12.5 Å². The van der Waals surface area contributed by atoms with E-state index < -0.39 is 0 Å². The minimum atomic E-state index is -0.232. The Labute approximate surface area is 156 Å². The van der Waals surface area contributed by atoms with Crippen LogP contribution in [0.1, 0.15) is 15.9 Å². The summed E-state index contributed by atoms with van der Waals surface area (Å²) in [6.07, 6.45) is 0. The van der Waals surface area contributed by atoms with Crippen LogP contribution in [-0.4, -0.2) is 5.91 Å². The van der Waals surface area contributed by atoms with Crippen LogP contribution in [-0.2, 0) is 6.61 Å². The molecule has 0 aromatic heterocycles. The summed E-state index contributed by atoms with van der Waals surface area (Å²) in [7, 11) is 0. The van der Waals surface area contributed by atoms with Crippen molar-refractivity contribution < 1.29 is 9.53 Å². The quantitative estimate of drug-likeness (QED) is 0.612. The molecule has 0 spiro atoms. The summed E-state index contributed by atoms with van der Waals surface area (Å²) in [6.45, 7) is 0.242. The number of halogens is 2. The summed E-state index contributed by atoms with van der Waals surface area (Å²) in [5, 5.41) is 3.95. The Morgan fingerprint density at radius 3 is 2.40 bits per heavy atom. The monoisotopic (exact) mass is 371 g/mol. The molecular formula is C20H15Cl2NO2. The van der Waals surface area contributed by atoms with Crippen molar-refractivity contribution in [1.29, 1.82) is 0 Å². The van der Waals surface area contributed by atoms with Crippen LogP contribution in [0.15, 0.2) is 72.8 Å². The van der Waals surface area contributed by atoms with Gasteiger partial charge >= 0.3 is 0 Å². The van der Waals surface area contributed by atoms with Crippen LogP contribution >= 0.6 is 23.2 Å². The third-order valence-corrected chi connectivity index (χ3v) is 4.15. The minimum Gasteiger partial charge on any atom is -0.488 e. The number of hydrogen-bond acceptors (Lipinski definition) is 2. The van der Waals surface area contributed by atoms with Gasteiger partial charge in [-0.15, -0.1) is 0 Å². The second-order valence-corrected chi connectivity index (χ2v) is 6.18. The molecule has 5 heteroatoms. The van der Waals surface area contributed by atoms with Crippen molar-refractivity contribution in [2.75, 3.05) is 5.32 Å². The fourth-order valence-electron chi connectivity index (χ4n) is 2.29. The van der Waals surface area contributed by atoms with Crippen molar-refractivity contribution in [2.45, 2.75) is 6.61 Å². The maximum absolute atomic E-state index is 12.5. The van der Waals surface area contributed by atoms with E-state index in [2.05, 4.69) is 5.32 Å². The number of carbonyl (C=O) groups is 1. The predicted molar refractivity (Wildman–Crippen MR) is 102 cm³/mol. The van der Waals surface area contributed by atoms with Crippen LogP contribution < -0.4 is 10.1 Å². The highest BCUT2D eigenvalue weighted by Crippen LogP contribution is 2.25. The van der Waals surface area contributed by atoms with Gasteiger partial charge in [0.15, 0.2) is 0 Å². The lowest BCUT2D eigenvalue weighted by atomic mass is 10.1. The van der Waals surface area contributed by atoms with Crippen molar-refractivity contribution in [1.82, 2.24) is 0 Å². The maximum atomic E-state index is 12.5. The lowest BCUT2D eigenvalue weighted by molar-refractivity contribution is 0.102. The normalized spacial score (nSPS) is 10.3. The van der Waals surface area contributed by atoms with Crippen LogP contribution in [0.5, 0.6) is 5.75 Å². The highest BCUT2D eigenvalue weighted by Gasteiger charge is 2.13. The van der Waals surface area contributed by atoms with Gasteiger partial charge in [-0.05, 0) is 36.4 Å². The summed E-state index contributed by atoms with van der Waals surface area (Å²) in [5.41, 5.74) is 1.98. The van der Waals surface area contributed by atoms with Gasteiger partial charge in [-0.3, -0.25) is 4.79 Å². The molecule has 3 aromatic rings. The second-order valence-electron chi connectivity index (χ2n) is 5.34. The summed E-state index contributed by atoms with van der Waals surface area (Å²) in [6, 6.07) is 21.6. The Bertz CT molecular complexity index is 882. The van der Waals surface area contributed by atoms with E-state index >= 15 is 0 Å². The van der Waals surface area contributed by atoms with Crippen LogP contribution in [0.3, 0.4) is 0 Å².